The summed E-state index contributed by atoms with van der Waals surface area (Å²) >= 11 is 1.49. The van der Waals surface area contributed by atoms with Crippen molar-refractivity contribution in [3.8, 4) is 0 Å². The third-order valence-corrected chi connectivity index (χ3v) is 2.79. The van der Waals surface area contributed by atoms with Gasteiger partial charge >= 0.3 is 0 Å². The molecule has 0 bridgehead atoms. The predicted molar refractivity (Wildman–Crippen MR) is 51.4 cm³/mol. The average molecular weight is 213 g/mol. The quantitative estimate of drug-likeness (QED) is 0.740. The molecule has 0 amide bonds. The van der Waals surface area contributed by atoms with Gasteiger partial charge in [-0.25, -0.2) is 0 Å². The fourth-order valence-electron chi connectivity index (χ4n) is 1.29. The number of Topliss-reactive ketones (excluding diaryl/α,β-unsaturated/α-hetero) is 1. The summed E-state index contributed by atoms with van der Waals surface area (Å²) in [5.74, 6) is 0.0777. The van der Waals surface area contributed by atoms with Crippen molar-refractivity contribution in [2.75, 3.05) is 19.8 Å². The lowest BCUT2D eigenvalue weighted by molar-refractivity contribution is -0.144. The van der Waals surface area contributed by atoms with E-state index in [9.17, 15) is 4.79 Å². The van der Waals surface area contributed by atoms with Gasteiger partial charge in [-0.2, -0.15) is 0 Å². The van der Waals surface area contributed by atoms with E-state index in [1.165, 1.54) is 11.3 Å². The zero-order valence-electron chi connectivity index (χ0n) is 7.64. The molecule has 1 aliphatic rings. The van der Waals surface area contributed by atoms with E-state index in [1.54, 1.807) is 11.7 Å². The van der Waals surface area contributed by atoms with Crippen LogP contribution in [0.5, 0.6) is 0 Å². The number of nitrogens with zero attached hydrogens (tertiary/aromatic N) is 1. The Morgan fingerprint density at radius 2 is 2.57 bits per heavy atom. The molecule has 1 aliphatic heterocycles. The number of carbonyl (C=O) groups excluding carboxylic acids is 1. The SMILES string of the molecule is O=C(Cc1cncs1)C1COCCO1. The van der Waals surface area contributed by atoms with E-state index in [-0.39, 0.29) is 11.9 Å². The molecule has 4 nitrogen and oxygen atoms in total. The summed E-state index contributed by atoms with van der Waals surface area (Å²) in [6, 6.07) is 0. The molecule has 2 rings (SSSR count). The van der Waals surface area contributed by atoms with Gasteiger partial charge in [-0.15, -0.1) is 11.3 Å². The normalized spacial score (nSPS) is 22.1. The smallest absolute Gasteiger partial charge is 0.169 e. The van der Waals surface area contributed by atoms with Crippen molar-refractivity contribution in [2.24, 2.45) is 0 Å². The van der Waals surface area contributed by atoms with Gasteiger partial charge in [-0.05, 0) is 0 Å². The maximum absolute atomic E-state index is 11.6. The summed E-state index contributed by atoms with van der Waals surface area (Å²) < 4.78 is 10.5. The maximum atomic E-state index is 11.6. The van der Waals surface area contributed by atoms with Crippen LogP contribution in [0.15, 0.2) is 11.7 Å². The molecule has 1 atom stereocenters. The van der Waals surface area contributed by atoms with Crippen molar-refractivity contribution in [3.63, 3.8) is 0 Å². The average Bonchev–Trinajstić information content (AvgIpc) is 2.72. The lowest BCUT2D eigenvalue weighted by atomic mass is 10.1. The largest absolute Gasteiger partial charge is 0.376 e. The molecule has 1 unspecified atom stereocenters. The van der Waals surface area contributed by atoms with Gasteiger partial charge < -0.3 is 9.47 Å². The standard InChI is InChI=1S/C9H11NO3S/c11-8(3-7-4-10-6-14-7)9-5-12-1-2-13-9/h4,6,9H,1-3,5H2. The second kappa shape index (κ2) is 4.63. The number of hydrogen-bond donors (Lipinski definition) is 0. The first-order valence-electron chi connectivity index (χ1n) is 4.45. The zero-order valence-corrected chi connectivity index (χ0v) is 8.46. The molecule has 1 saturated heterocycles. The highest BCUT2D eigenvalue weighted by atomic mass is 32.1. The Morgan fingerprint density at radius 3 is 3.21 bits per heavy atom. The molecule has 2 heterocycles. The molecule has 0 aromatic carbocycles. The number of thiazole rings is 1. The molecule has 0 spiro atoms. The van der Waals surface area contributed by atoms with E-state index in [2.05, 4.69) is 4.98 Å². The van der Waals surface area contributed by atoms with Crippen LogP contribution in [0.25, 0.3) is 0 Å². The van der Waals surface area contributed by atoms with Gasteiger partial charge in [-0.3, -0.25) is 9.78 Å². The lowest BCUT2D eigenvalue weighted by Crippen LogP contribution is -2.36. The molecule has 0 aliphatic carbocycles. The molecular weight excluding hydrogens is 202 g/mol. The Hall–Kier alpha value is -0.780. The fourth-order valence-corrected chi connectivity index (χ4v) is 1.89. The zero-order chi connectivity index (χ0) is 9.80. The first kappa shape index (κ1) is 9.76. The van der Waals surface area contributed by atoms with Crippen LogP contribution in [-0.4, -0.2) is 36.7 Å². The summed E-state index contributed by atoms with van der Waals surface area (Å²) in [4.78, 5) is 16.5. The van der Waals surface area contributed by atoms with Gasteiger partial charge in [0.05, 0.1) is 25.3 Å². The Balaban J connectivity index is 1.88. The third kappa shape index (κ3) is 2.37. The fraction of sp³-hybridized carbons (Fsp3) is 0.556. The number of ether oxygens (including phenoxy) is 2. The van der Waals surface area contributed by atoms with Crippen molar-refractivity contribution >= 4 is 17.1 Å². The highest BCUT2D eigenvalue weighted by molar-refractivity contribution is 7.09. The van der Waals surface area contributed by atoms with E-state index < -0.39 is 0 Å². The van der Waals surface area contributed by atoms with Gasteiger partial charge in [0.15, 0.2) is 5.78 Å². The molecule has 76 valence electrons. The Bertz CT molecular complexity index is 293. The summed E-state index contributed by atoms with van der Waals surface area (Å²) in [5.41, 5.74) is 1.72. The highest BCUT2D eigenvalue weighted by Crippen LogP contribution is 2.10. The number of ketones is 1. The van der Waals surface area contributed by atoms with Crippen molar-refractivity contribution in [1.29, 1.82) is 0 Å². The van der Waals surface area contributed by atoms with Gasteiger partial charge in [0, 0.05) is 17.5 Å². The summed E-state index contributed by atoms with van der Waals surface area (Å²) in [6.07, 6.45) is 1.73. The first-order valence-corrected chi connectivity index (χ1v) is 5.33. The van der Waals surface area contributed by atoms with E-state index in [0.29, 0.717) is 26.2 Å². The van der Waals surface area contributed by atoms with Crippen LogP contribution in [0.3, 0.4) is 0 Å². The summed E-state index contributed by atoms with van der Waals surface area (Å²) in [5, 5.41) is 0. The molecule has 5 heteroatoms. The molecule has 0 saturated carbocycles. The van der Waals surface area contributed by atoms with E-state index in [1.807, 2.05) is 0 Å². The van der Waals surface area contributed by atoms with Crippen LogP contribution in [0.2, 0.25) is 0 Å². The van der Waals surface area contributed by atoms with Crippen LogP contribution in [-0.2, 0) is 20.7 Å². The highest BCUT2D eigenvalue weighted by Gasteiger charge is 2.22. The van der Waals surface area contributed by atoms with Crippen molar-refractivity contribution < 1.29 is 14.3 Å². The molecule has 1 fully saturated rings. The molecule has 1 aromatic rings. The van der Waals surface area contributed by atoms with Crippen LogP contribution in [0.1, 0.15) is 4.88 Å². The minimum absolute atomic E-state index is 0.0777. The predicted octanol–water partition coefficient (Wildman–Crippen LogP) is 0.670. The third-order valence-electron chi connectivity index (χ3n) is 2.01. The van der Waals surface area contributed by atoms with E-state index >= 15 is 0 Å². The van der Waals surface area contributed by atoms with Crippen LogP contribution in [0, 0.1) is 0 Å². The minimum Gasteiger partial charge on any atom is -0.376 e. The Labute approximate surface area is 85.9 Å². The van der Waals surface area contributed by atoms with E-state index in [4.69, 9.17) is 9.47 Å². The number of hydrogen-bond acceptors (Lipinski definition) is 5. The molecule has 14 heavy (non-hydrogen) atoms. The van der Waals surface area contributed by atoms with Crippen LogP contribution < -0.4 is 0 Å². The second-order valence-electron chi connectivity index (χ2n) is 3.05. The number of rotatable bonds is 3. The second-order valence-corrected chi connectivity index (χ2v) is 4.02. The van der Waals surface area contributed by atoms with Crippen LogP contribution >= 0.6 is 11.3 Å². The van der Waals surface area contributed by atoms with Crippen molar-refractivity contribution in [2.45, 2.75) is 12.5 Å². The van der Waals surface area contributed by atoms with Gasteiger partial charge in [0.1, 0.15) is 6.10 Å². The van der Waals surface area contributed by atoms with Crippen molar-refractivity contribution in [3.05, 3.63) is 16.6 Å². The maximum Gasteiger partial charge on any atom is 0.169 e. The van der Waals surface area contributed by atoms with Crippen molar-refractivity contribution in [1.82, 2.24) is 4.98 Å². The van der Waals surface area contributed by atoms with Gasteiger partial charge in [0.25, 0.3) is 0 Å². The van der Waals surface area contributed by atoms with E-state index in [0.717, 1.165) is 4.88 Å². The first-order chi connectivity index (χ1) is 6.86. The number of carbonyl (C=O) groups is 1. The molecule has 0 radical (unpaired) electrons. The number of aromatic nitrogens is 1. The van der Waals surface area contributed by atoms with Crippen LogP contribution in [0.4, 0.5) is 0 Å². The molecular formula is C9H11NO3S. The summed E-state index contributed by atoms with van der Waals surface area (Å²) in [7, 11) is 0. The minimum atomic E-state index is -0.383. The van der Waals surface area contributed by atoms with Gasteiger partial charge in [0.2, 0.25) is 0 Å². The molecule has 0 N–H and O–H groups in total. The molecule has 1 aromatic heterocycles. The topological polar surface area (TPSA) is 48.4 Å². The Morgan fingerprint density at radius 1 is 1.64 bits per heavy atom. The Kier molecular flexibility index (Phi) is 3.23. The summed E-state index contributed by atoms with van der Waals surface area (Å²) in [6.45, 7) is 1.49. The monoisotopic (exact) mass is 213 g/mol. The van der Waals surface area contributed by atoms with Gasteiger partial charge in [-0.1, -0.05) is 0 Å². The lowest BCUT2D eigenvalue weighted by Gasteiger charge is -2.21.